The Bertz CT molecular complexity index is 236. The molecule has 1 heterocycles. The molecule has 0 aromatic carbocycles. The van der Waals surface area contributed by atoms with Crippen LogP contribution in [0.25, 0.3) is 0 Å². The van der Waals surface area contributed by atoms with Crippen LogP contribution in [0.5, 0.6) is 0 Å². The van der Waals surface area contributed by atoms with Crippen LogP contribution in [0.1, 0.15) is 26.7 Å². The van der Waals surface area contributed by atoms with Crippen molar-refractivity contribution in [1.82, 2.24) is 5.32 Å². The first-order valence-electron chi connectivity index (χ1n) is 5.04. The molecule has 0 aromatic heterocycles. The second-order valence-electron chi connectivity index (χ2n) is 4.46. The van der Waals surface area contributed by atoms with Gasteiger partial charge >= 0.3 is 0 Å². The molecule has 1 amide bonds. The Morgan fingerprint density at radius 2 is 2.13 bits per heavy atom. The van der Waals surface area contributed by atoms with Gasteiger partial charge in [-0.15, -0.1) is 23.2 Å². The van der Waals surface area contributed by atoms with Crippen molar-refractivity contribution in [3.63, 3.8) is 0 Å². The number of nitrogens with one attached hydrogen (secondary N) is 1. The molecule has 15 heavy (non-hydrogen) atoms. The molecule has 88 valence electrons. The molecule has 1 atom stereocenters. The van der Waals surface area contributed by atoms with E-state index in [-0.39, 0.29) is 5.91 Å². The van der Waals surface area contributed by atoms with Crippen molar-refractivity contribution < 1.29 is 9.53 Å². The summed E-state index contributed by atoms with van der Waals surface area (Å²) in [4.78, 5) is 11.9. The number of carbonyl (C=O) groups excluding carboxylic acids is 1. The molecule has 5 heteroatoms. The highest BCUT2D eigenvalue weighted by atomic mass is 35.5. The highest BCUT2D eigenvalue weighted by Crippen LogP contribution is 2.26. The zero-order valence-corrected chi connectivity index (χ0v) is 10.6. The van der Waals surface area contributed by atoms with Crippen LogP contribution >= 0.6 is 23.2 Å². The zero-order valence-electron chi connectivity index (χ0n) is 9.11. The third-order valence-corrected chi connectivity index (χ3v) is 3.88. The van der Waals surface area contributed by atoms with E-state index in [2.05, 4.69) is 5.32 Å². The standard InChI is InChI=1S/C10H17Cl2NO2/c1-9(6-11,7-12)13-8(14)10(2)4-3-5-15-10/h3-7H2,1-2H3,(H,13,14). The first-order chi connectivity index (χ1) is 6.96. The summed E-state index contributed by atoms with van der Waals surface area (Å²) in [5, 5.41) is 2.85. The Morgan fingerprint density at radius 1 is 1.53 bits per heavy atom. The van der Waals surface area contributed by atoms with Gasteiger partial charge in [-0.1, -0.05) is 0 Å². The van der Waals surface area contributed by atoms with Crippen molar-refractivity contribution in [2.75, 3.05) is 18.4 Å². The molecule has 3 nitrogen and oxygen atoms in total. The van der Waals surface area contributed by atoms with Crippen molar-refractivity contribution in [3.05, 3.63) is 0 Å². The summed E-state index contributed by atoms with van der Waals surface area (Å²) in [7, 11) is 0. The molecule has 0 saturated carbocycles. The lowest BCUT2D eigenvalue weighted by Gasteiger charge is -2.31. The number of hydrogen-bond acceptors (Lipinski definition) is 2. The lowest BCUT2D eigenvalue weighted by atomic mass is 9.99. The SMILES string of the molecule is CC(CCl)(CCl)NC(=O)C1(C)CCCO1. The largest absolute Gasteiger partial charge is 0.365 e. The minimum atomic E-state index is -0.709. The van der Waals surface area contributed by atoms with Crippen LogP contribution < -0.4 is 5.32 Å². The van der Waals surface area contributed by atoms with Crippen molar-refractivity contribution in [1.29, 1.82) is 0 Å². The predicted molar refractivity (Wildman–Crippen MR) is 61.6 cm³/mol. The summed E-state index contributed by atoms with van der Waals surface area (Å²) in [6.45, 7) is 4.27. The Labute approximate surface area is 100 Å². The Morgan fingerprint density at radius 3 is 2.53 bits per heavy atom. The minimum absolute atomic E-state index is 0.121. The highest BCUT2D eigenvalue weighted by molar-refractivity contribution is 6.22. The quantitative estimate of drug-likeness (QED) is 0.778. The Hall–Kier alpha value is 0.01000. The van der Waals surface area contributed by atoms with Crippen LogP contribution in [0.4, 0.5) is 0 Å². The second kappa shape index (κ2) is 4.89. The van der Waals surface area contributed by atoms with Gasteiger partial charge in [-0.2, -0.15) is 0 Å². The number of amides is 1. The number of carbonyl (C=O) groups is 1. The van der Waals surface area contributed by atoms with E-state index in [1.165, 1.54) is 0 Å². The van der Waals surface area contributed by atoms with Crippen LogP contribution in [0.15, 0.2) is 0 Å². The second-order valence-corrected chi connectivity index (χ2v) is 5.00. The summed E-state index contributed by atoms with van der Waals surface area (Å²) >= 11 is 11.5. The third-order valence-electron chi connectivity index (χ3n) is 2.70. The van der Waals surface area contributed by atoms with Gasteiger partial charge in [0.2, 0.25) is 0 Å². The maximum absolute atomic E-state index is 11.9. The zero-order chi connectivity index (χ0) is 11.5. The van der Waals surface area contributed by atoms with Crippen LogP contribution in [-0.4, -0.2) is 35.4 Å². The van der Waals surface area contributed by atoms with Gasteiger partial charge in [0.25, 0.3) is 5.91 Å². The molecular weight excluding hydrogens is 237 g/mol. The fourth-order valence-electron chi connectivity index (χ4n) is 1.47. The van der Waals surface area contributed by atoms with E-state index in [4.69, 9.17) is 27.9 Å². The molecule has 0 spiro atoms. The van der Waals surface area contributed by atoms with Gasteiger partial charge in [-0.25, -0.2) is 0 Å². The maximum atomic E-state index is 11.9. The van der Waals surface area contributed by atoms with Crippen molar-refractivity contribution in [2.24, 2.45) is 0 Å². The number of ether oxygens (including phenoxy) is 1. The number of rotatable bonds is 4. The topological polar surface area (TPSA) is 38.3 Å². The molecule has 1 unspecified atom stereocenters. The molecular formula is C10H17Cl2NO2. The van der Waals surface area contributed by atoms with Crippen LogP contribution in [0, 0.1) is 0 Å². The van der Waals surface area contributed by atoms with Crippen molar-refractivity contribution in [2.45, 2.75) is 37.8 Å². The molecule has 1 rings (SSSR count). The molecule has 0 bridgehead atoms. The van der Waals surface area contributed by atoms with Gasteiger partial charge < -0.3 is 10.1 Å². The summed E-state index contributed by atoms with van der Waals surface area (Å²) < 4.78 is 5.44. The van der Waals surface area contributed by atoms with Crippen LogP contribution in [-0.2, 0) is 9.53 Å². The summed E-state index contributed by atoms with van der Waals surface area (Å²) in [5.41, 5.74) is -1.27. The highest BCUT2D eigenvalue weighted by Gasteiger charge is 2.40. The van der Waals surface area contributed by atoms with Gasteiger partial charge in [0.1, 0.15) is 5.60 Å². The monoisotopic (exact) mass is 253 g/mol. The van der Waals surface area contributed by atoms with Crippen LogP contribution in [0.2, 0.25) is 0 Å². The number of halogens is 2. The summed E-state index contributed by atoms with van der Waals surface area (Å²) in [6, 6.07) is 0. The summed E-state index contributed by atoms with van der Waals surface area (Å²) in [5.74, 6) is 0.459. The van der Waals surface area contributed by atoms with E-state index in [0.29, 0.717) is 18.4 Å². The Kier molecular flexibility index (Phi) is 4.27. The molecule has 0 aromatic rings. The maximum Gasteiger partial charge on any atom is 0.252 e. The first kappa shape index (κ1) is 13.1. The molecule has 1 saturated heterocycles. The molecule has 1 aliphatic heterocycles. The molecule has 0 radical (unpaired) electrons. The van der Waals surface area contributed by atoms with E-state index in [1.54, 1.807) is 6.92 Å². The molecule has 1 aliphatic rings. The van der Waals surface area contributed by atoms with Crippen molar-refractivity contribution in [3.8, 4) is 0 Å². The van der Waals surface area contributed by atoms with Crippen LogP contribution in [0.3, 0.4) is 0 Å². The van der Waals surface area contributed by atoms with E-state index < -0.39 is 11.1 Å². The first-order valence-corrected chi connectivity index (χ1v) is 6.11. The molecule has 1 fully saturated rings. The molecule has 1 N–H and O–H groups in total. The van der Waals surface area contributed by atoms with Gasteiger partial charge in [0.15, 0.2) is 0 Å². The van der Waals surface area contributed by atoms with Crippen molar-refractivity contribution >= 4 is 29.1 Å². The Balaban J connectivity index is 2.61. The molecule has 0 aliphatic carbocycles. The van der Waals surface area contributed by atoms with Gasteiger partial charge in [-0.3, -0.25) is 4.79 Å². The van der Waals surface area contributed by atoms with E-state index >= 15 is 0 Å². The normalized spacial score (nSPS) is 26.7. The van der Waals surface area contributed by atoms with E-state index in [1.807, 2.05) is 6.92 Å². The fraction of sp³-hybridized carbons (Fsp3) is 0.900. The van der Waals surface area contributed by atoms with Gasteiger partial charge in [0.05, 0.1) is 5.54 Å². The minimum Gasteiger partial charge on any atom is -0.365 e. The smallest absolute Gasteiger partial charge is 0.252 e. The lowest BCUT2D eigenvalue weighted by Crippen LogP contribution is -2.56. The number of hydrogen-bond donors (Lipinski definition) is 1. The average molecular weight is 254 g/mol. The number of alkyl halides is 2. The average Bonchev–Trinajstić information content (AvgIpc) is 2.66. The van der Waals surface area contributed by atoms with E-state index in [0.717, 1.165) is 12.8 Å². The summed E-state index contributed by atoms with van der Waals surface area (Å²) in [6.07, 6.45) is 1.67. The third kappa shape index (κ3) is 2.99. The van der Waals surface area contributed by atoms with Gasteiger partial charge in [0, 0.05) is 18.4 Å². The predicted octanol–water partition coefficient (Wildman–Crippen LogP) is 1.91. The van der Waals surface area contributed by atoms with E-state index in [9.17, 15) is 4.79 Å². The fourth-order valence-corrected chi connectivity index (χ4v) is 1.89. The lowest BCUT2D eigenvalue weighted by molar-refractivity contribution is -0.141. The van der Waals surface area contributed by atoms with Gasteiger partial charge in [-0.05, 0) is 26.7 Å².